The number of aryl methyl sites for hydroxylation is 1. The van der Waals surface area contributed by atoms with Crippen molar-refractivity contribution in [3.05, 3.63) is 53.0 Å². The summed E-state index contributed by atoms with van der Waals surface area (Å²) in [6.45, 7) is 7.09. The average Bonchev–Trinajstić information content (AvgIpc) is 2.83. The number of halogens is 3. The zero-order chi connectivity index (χ0) is 27.1. The van der Waals surface area contributed by atoms with Gasteiger partial charge in [0.1, 0.15) is 16.5 Å². The van der Waals surface area contributed by atoms with E-state index < -0.39 is 27.8 Å². The van der Waals surface area contributed by atoms with Crippen molar-refractivity contribution < 1.29 is 26.4 Å². The molecule has 1 fully saturated rings. The van der Waals surface area contributed by atoms with Crippen molar-refractivity contribution in [1.29, 1.82) is 0 Å². The second-order valence-corrected chi connectivity index (χ2v) is 10.9. The Morgan fingerprint density at radius 2 is 1.78 bits per heavy atom. The van der Waals surface area contributed by atoms with Crippen molar-refractivity contribution in [2.75, 3.05) is 31.5 Å². The molecule has 1 aliphatic heterocycles. The van der Waals surface area contributed by atoms with Crippen molar-refractivity contribution in [3.8, 4) is 0 Å². The number of carbonyl (C=O) groups excluding carboxylic acids is 1. The molecule has 3 aromatic rings. The van der Waals surface area contributed by atoms with Crippen molar-refractivity contribution in [2.45, 2.75) is 44.8 Å². The normalized spacial score (nSPS) is 16.1. The van der Waals surface area contributed by atoms with E-state index in [2.05, 4.69) is 20.3 Å². The van der Waals surface area contributed by atoms with Crippen LogP contribution in [0.1, 0.15) is 42.4 Å². The van der Waals surface area contributed by atoms with Crippen molar-refractivity contribution in [1.82, 2.24) is 24.2 Å². The molecule has 1 unspecified atom stereocenters. The third-order valence-corrected chi connectivity index (χ3v) is 8.32. The topological polar surface area (TPSA) is 108 Å². The van der Waals surface area contributed by atoms with Crippen molar-refractivity contribution in [3.63, 3.8) is 0 Å². The molecule has 198 valence electrons. The number of sulfonamides is 1. The van der Waals surface area contributed by atoms with Crippen LogP contribution in [0.4, 0.5) is 19.0 Å². The number of aromatic nitrogens is 3. The van der Waals surface area contributed by atoms with Gasteiger partial charge in [-0.15, -0.1) is 0 Å². The molecule has 1 aliphatic rings. The first-order valence-corrected chi connectivity index (χ1v) is 13.1. The predicted octanol–water partition coefficient (Wildman–Crippen LogP) is 3.69. The Morgan fingerprint density at radius 1 is 1.11 bits per heavy atom. The monoisotopic (exact) mass is 536 g/mol. The minimum atomic E-state index is -4.49. The van der Waals surface area contributed by atoms with Crippen LogP contribution in [-0.2, 0) is 21.0 Å². The average molecular weight is 537 g/mol. The van der Waals surface area contributed by atoms with Gasteiger partial charge in [-0.05, 0) is 44.0 Å². The van der Waals surface area contributed by atoms with Gasteiger partial charge in [0.25, 0.3) is 0 Å². The summed E-state index contributed by atoms with van der Waals surface area (Å²) < 4.78 is 68.2. The van der Waals surface area contributed by atoms with Crippen LogP contribution >= 0.6 is 0 Å². The number of alkyl halides is 3. The first-order valence-electron chi connectivity index (χ1n) is 11.6. The third kappa shape index (κ3) is 5.37. The first-order chi connectivity index (χ1) is 17.3. The van der Waals surface area contributed by atoms with Gasteiger partial charge in [-0.3, -0.25) is 4.79 Å². The van der Waals surface area contributed by atoms with Gasteiger partial charge in [0.2, 0.25) is 15.9 Å². The van der Waals surface area contributed by atoms with E-state index in [0.29, 0.717) is 29.9 Å². The van der Waals surface area contributed by atoms with E-state index in [4.69, 9.17) is 0 Å². The first kappa shape index (κ1) is 26.7. The lowest BCUT2D eigenvalue weighted by molar-refractivity contribution is -0.138. The van der Waals surface area contributed by atoms with E-state index in [1.165, 1.54) is 36.5 Å². The molecule has 0 saturated carbocycles. The Balaban J connectivity index is 1.68. The molecule has 0 spiro atoms. The molecule has 13 heteroatoms. The molecule has 0 aliphatic carbocycles. The number of amides is 1. The van der Waals surface area contributed by atoms with Gasteiger partial charge in [0.15, 0.2) is 5.65 Å². The van der Waals surface area contributed by atoms with Crippen LogP contribution in [0.5, 0.6) is 0 Å². The lowest BCUT2D eigenvalue weighted by Crippen LogP contribution is -2.49. The Bertz CT molecular complexity index is 1450. The fourth-order valence-electron chi connectivity index (χ4n) is 4.46. The summed E-state index contributed by atoms with van der Waals surface area (Å²) in [7, 11) is -3.91. The lowest BCUT2D eigenvalue weighted by atomic mass is 9.97. The SMILES string of the molecule is CC(=O)N1CCN(S(=O)(=O)c2cnc3nc(C)nc(NC(C)c4cccc(C(F)(F)F)c4C)c3c2)CC1. The standard InChI is InChI=1S/C24H27F3N6O3S/c1-14-19(6-5-7-21(14)24(25,26)27)15(2)29-23-20-12-18(13-28-22(20)30-16(3)31-23)37(35,36)33-10-8-32(9-11-33)17(4)34/h5-7,12-13,15H,8-11H2,1-4H3,(H,28,29,30,31). The maximum atomic E-state index is 13.4. The number of carbonyl (C=O) groups is 1. The van der Waals surface area contributed by atoms with Crippen molar-refractivity contribution in [2.24, 2.45) is 0 Å². The van der Waals surface area contributed by atoms with E-state index in [0.717, 1.165) is 6.07 Å². The molecule has 1 atom stereocenters. The van der Waals surface area contributed by atoms with Crippen LogP contribution < -0.4 is 5.32 Å². The van der Waals surface area contributed by atoms with Gasteiger partial charge >= 0.3 is 6.18 Å². The summed E-state index contributed by atoms with van der Waals surface area (Å²) in [5, 5.41) is 3.45. The minimum absolute atomic E-state index is 0.0605. The smallest absolute Gasteiger partial charge is 0.363 e. The Hall–Kier alpha value is -3.32. The third-order valence-electron chi connectivity index (χ3n) is 6.46. The number of rotatable bonds is 5. The largest absolute Gasteiger partial charge is 0.416 e. The number of nitrogens with zero attached hydrogens (tertiary/aromatic N) is 5. The van der Waals surface area contributed by atoms with Crippen LogP contribution in [0.3, 0.4) is 0 Å². The zero-order valence-electron chi connectivity index (χ0n) is 20.8. The summed E-state index contributed by atoms with van der Waals surface area (Å²) in [5.74, 6) is 0.516. The van der Waals surface area contributed by atoms with E-state index >= 15 is 0 Å². The summed E-state index contributed by atoms with van der Waals surface area (Å²) in [4.78, 5) is 26.0. The number of benzene rings is 1. The number of hydrogen-bond acceptors (Lipinski definition) is 7. The fourth-order valence-corrected chi connectivity index (χ4v) is 5.85. The molecule has 2 aromatic heterocycles. The summed E-state index contributed by atoms with van der Waals surface area (Å²) in [6.07, 6.45) is -3.26. The number of nitrogens with one attached hydrogen (secondary N) is 1. The van der Waals surface area contributed by atoms with Crippen LogP contribution in [0.25, 0.3) is 11.0 Å². The van der Waals surface area contributed by atoms with Gasteiger partial charge in [-0.25, -0.2) is 23.4 Å². The lowest BCUT2D eigenvalue weighted by Gasteiger charge is -2.33. The Morgan fingerprint density at radius 3 is 2.41 bits per heavy atom. The fraction of sp³-hybridized carbons (Fsp3) is 0.417. The molecular formula is C24H27F3N6O3S. The molecule has 9 nitrogen and oxygen atoms in total. The maximum absolute atomic E-state index is 13.4. The highest BCUT2D eigenvalue weighted by Crippen LogP contribution is 2.35. The van der Waals surface area contributed by atoms with E-state index in [-0.39, 0.29) is 40.9 Å². The Kier molecular flexibility index (Phi) is 7.12. The Labute approximate surface area is 212 Å². The summed E-state index contributed by atoms with van der Waals surface area (Å²) in [6, 6.07) is 4.83. The number of anilines is 1. The van der Waals surface area contributed by atoms with Gasteiger partial charge in [0, 0.05) is 39.3 Å². The highest BCUT2D eigenvalue weighted by molar-refractivity contribution is 7.89. The zero-order valence-corrected chi connectivity index (χ0v) is 21.6. The molecule has 0 bridgehead atoms. The number of hydrogen-bond donors (Lipinski definition) is 1. The van der Waals surface area contributed by atoms with Gasteiger partial charge in [0.05, 0.1) is 17.0 Å². The molecule has 3 heterocycles. The highest BCUT2D eigenvalue weighted by Gasteiger charge is 2.34. The van der Waals surface area contributed by atoms with E-state index in [1.807, 2.05) is 0 Å². The predicted molar refractivity (Wildman–Crippen MR) is 131 cm³/mol. The number of fused-ring (bicyclic) bond motifs is 1. The molecule has 1 amide bonds. The summed E-state index contributed by atoms with van der Waals surface area (Å²) >= 11 is 0. The van der Waals surface area contributed by atoms with Gasteiger partial charge in [-0.2, -0.15) is 17.5 Å². The van der Waals surface area contributed by atoms with Crippen molar-refractivity contribution >= 4 is 32.8 Å². The highest BCUT2D eigenvalue weighted by atomic mass is 32.2. The maximum Gasteiger partial charge on any atom is 0.416 e. The van der Waals surface area contributed by atoms with Gasteiger partial charge in [-0.1, -0.05) is 12.1 Å². The molecule has 37 heavy (non-hydrogen) atoms. The van der Waals surface area contributed by atoms with Crippen LogP contribution in [0.2, 0.25) is 0 Å². The van der Waals surface area contributed by atoms with Gasteiger partial charge < -0.3 is 10.2 Å². The summed E-state index contributed by atoms with van der Waals surface area (Å²) in [5.41, 5.74) is 0.0566. The molecule has 1 aromatic carbocycles. The molecule has 1 N–H and O–H groups in total. The molecule has 0 radical (unpaired) electrons. The molecule has 4 rings (SSSR count). The van der Waals surface area contributed by atoms with Crippen LogP contribution in [-0.4, -0.2) is 64.7 Å². The van der Waals surface area contributed by atoms with Crippen LogP contribution in [0, 0.1) is 13.8 Å². The van der Waals surface area contributed by atoms with E-state index in [1.54, 1.807) is 24.8 Å². The quantitative estimate of drug-likeness (QED) is 0.530. The second kappa shape index (κ2) is 9.86. The molecular weight excluding hydrogens is 509 g/mol. The molecule has 1 saturated heterocycles. The van der Waals surface area contributed by atoms with E-state index in [9.17, 15) is 26.4 Å². The minimum Gasteiger partial charge on any atom is -0.363 e. The second-order valence-electron chi connectivity index (χ2n) is 8.96. The number of piperazine rings is 1. The number of pyridine rings is 1. The van der Waals surface area contributed by atoms with Crippen LogP contribution in [0.15, 0.2) is 35.4 Å².